The van der Waals surface area contributed by atoms with Gasteiger partial charge in [0.05, 0.1) is 12.2 Å². The van der Waals surface area contributed by atoms with Gasteiger partial charge in [-0.05, 0) is 18.7 Å². The summed E-state index contributed by atoms with van der Waals surface area (Å²) in [6.45, 7) is 0.678. The van der Waals surface area contributed by atoms with Crippen LogP contribution in [0.4, 0.5) is 14.5 Å². The van der Waals surface area contributed by atoms with Gasteiger partial charge in [0, 0.05) is 19.7 Å². The summed E-state index contributed by atoms with van der Waals surface area (Å²) >= 11 is 0. The zero-order valence-corrected chi connectivity index (χ0v) is 9.13. The van der Waals surface area contributed by atoms with Gasteiger partial charge in [0.1, 0.15) is 0 Å². The molecule has 0 N–H and O–H groups in total. The van der Waals surface area contributed by atoms with E-state index >= 15 is 0 Å². The second-order valence-corrected chi connectivity index (χ2v) is 4.02. The monoisotopic (exact) mass is 226 g/mol. The van der Waals surface area contributed by atoms with Crippen molar-refractivity contribution in [3.8, 4) is 0 Å². The summed E-state index contributed by atoms with van der Waals surface area (Å²) in [5.41, 5.74) is 1.06. The molecule has 0 aromatic heterocycles. The van der Waals surface area contributed by atoms with Crippen molar-refractivity contribution in [2.45, 2.75) is 6.54 Å². The smallest absolute Gasteiger partial charge is 0.240 e. The van der Waals surface area contributed by atoms with Crippen LogP contribution in [0.1, 0.15) is 5.56 Å². The van der Waals surface area contributed by atoms with Crippen LogP contribution in [0.3, 0.4) is 0 Å². The minimum Gasteiger partial charge on any atom is -0.314 e. The summed E-state index contributed by atoms with van der Waals surface area (Å²) in [4.78, 5) is 14.8. The van der Waals surface area contributed by atoms with Gasteiger partial charge in [-0.25, -0.2) is 8.78 Å². The van der Waals surface area contributed by atoms with Crippen molar-refractivity contribution in [1.82, 2.24) is 4.90 Å². The van der Waals surface area contributed by atoms with E-state index in [9.17, 15) is 13.6 Å². The molecule has 1 aromatic carbocycles. The maximum Gasteiger partial charge on any atom is 0.240 e. The predicted molar refractivity (Wildman–Crippen MR) is 56.1 cm³/mol. The molecule has 1 aromatic rings. The first-order valence-corrected chi connectivity index (χ1v) is 4.92. The fourth-order valence-corrected chi connectivity index (χ4v) is 1.83. The SMILES string of the molecule is CN1CC(=O)N(C)c2cc(F)c(F)cc2C1. The second kappa shape index (κ2) is 3.83. The van der Waals surface area contributed by atoms with Crippen molar-refractivity contribution in [3.63, 3.8) is 0 Å². The Balaban J connectivity index is 2.55. The molecule has 0 saturated carbocycles. The van der Waals surface area contributed by atoms with Gasteiger partial charge in [-0.1, -0.05) is 0 Å². The lowest BCUT2D eigenvalue weighted by Gasteiger charge is -2.17. The number of nitrogens with zero attached hydrogens (tertiary/aromatic N) is 2. The zero-order chi connectivity index (χ0) is 11.9. The highest BCUT2D eigenvalue weighted by molar-refractivity contribution is 5.95. The number of rotatable bonds is 0. The van der Waals surface area contributed by atoms with Crippen molar-refractivity contribution < 1.29 is 13.6 Å². The van der Waals surface area contributed by atoms with Crippen LogP contribution in [-0.2, 0) is 11.3 Å². The highest BCUT2D eigenvalue weighted by atomic mass is 19.2. The Morgan fingerprint density at radius 2 is 1.75 bits per heavy atom. The van der Waals surface area contributed by atoms with Gasteiger partial charge in [-0.15, -0.1) is 0 Å². The Morgan fingerprint density at radius 1 is 1.12 bits per heavy atom. The van der Waals surface area contributed by atoms with Crippen LogP contribution in [0.2, 0.25) is 0 Å². The van der Waals surface area contributed by atoms with Gasteiger partial charge in [-0.3, -0.25) is 9.69 Å². The maximum atomic E-state index is 13.1. The highest BCUT2D eigenvalue weighted by Crippen LogP contribution is 2.26. The molecule has 0 radical (unpaired) electrons. The normalized spacial score (nSPS) is 17.2. The minimum absolute atomic E-state index is 0.132. The number of fused-ring (bicyclic) bond motifs is 1. The second-order valence-electron chi connectivity index (χ2n) is 4.02. The number of hydrogen-bond acceptors (Lipinski definition) is 2. The first kappa shape index (κ1) is 11.0. The number of carbonyl (C=O) groups is 1. The first-order valence-electron chi connectivity index (χ1n) is 4.92. The standard InChI is InChI=1S/C11H12F2N2O/c1-14-5-7-3-8(12)9(13)4-10(7)15(2)11(16)6-14/h3-4H,5-6H2,1-2H3. The van der Waals surface area contributed by atoms with E-state index in [1.165, 1.54) is 4.90 Å². The molecule has 1 heterocycles. The van der Waals surface area contributed by atoms with Gasteiger partial charge in [0.15, 0.2) is 11.6 Å². The molecule has 2 rings (SSSR count). The van der Waals surface area contributed by atoms with Crippen molar-refractivity contribution in [2.24, 2.45) is 0 Å². The van der Waals surface area contributed by atoms with Crippen LogP contribution in [-0.4, -0.2) is 31.4 Å². The van der Waals surface area contributed by atoms with E-state index in [0.29, 0.717) is 17.8 Å². The molecule has 5 heteroatoms. The van der Waals surface area contributed by atoms with E-state index in [4.69, 9.17) is 0 Å². The summed E-state index contributed by atoms with van der Waals surface area (Å²) in [5, 5.41) is 0. The molecule has 3 nitrogen and oxygen atoms in total. The van der Waals surface area contributed by atoms with Crippen LogP contribution in [0, 0.1) is 11.6 Å². The van der Waals surface area contributed by atoms with Crippen molar-refractivity contribution in [2.75, 3.05) is 25.5 Å². The lowest BCUT2D eigenvalue weighted by Crippen LogP contribution is -2.33. The quantitative estimate of drug-likeness (QED) is 0.667. The molecule has 0 spiro atoms. The van der Waals surface area contributed by atoms with Gasteiger partial charge in [0.2, 0.25) is 5.91 Å². The van der Waals surface area contributed by atoms with E-state index in [1.54, 1.807) is 19.0 Å². The number of anilines is 1. The maximum absolute atomic E-state index is 13.1. The predicted octanol–water partition coefficient (Wildman–Crippen LogP) is 1.37. The summed E-state index contributed by atoms with van der Waals surface area (Å²) < 4.78 is 26.2. The summed E-state index contributed by atoms with van der Waals surface area (Å²) in [7, 11) is 3.33. The molecule has 1 amide bonds. The number of benzene rings is 1. The van der Waals surface area contributed by atoms with E-state index in [2.05, 4.69) is 0 Å². The Hall–Kier alpha value is -1.49. The molecule has 1 aliphatic rings. The lowest BCUT2D eigenvalue weighted by molar-refractivity contribution is -0.119. The van der Waals surface area contributed by atoms with Gasteiger partial charge in [-0.2, -0.15) is 0 Å². The topological polar surface area (TPSA) is 23.6 Å². The third-order valence-corrected chi connectivity index (χ3v) is 2.70. The van der Waals surface area contributed by atoms with Crippen molar-refractivity contribution in [3.05, 3.63) is 29.3 Å². The first-order chi connectivity index (χ1) is 7.49. The third kappa shape index (κ3) is 1.78. The number of amides is 1. The fraction of sp³-hybridized carbons (Fsp3) is 0.364. The van der Waals surface area contributed by atoms with Crippen LogP contribution >= 0.6 is 0 Å². The van der Waals surface area contributed by atoms with E-state index in [0.717, 1.165) is 12.1 Å². The van der Waals surface area contributed by atoms with Gasteiger partial charge >= 0.3 is 0 Å². The molecule has 0 aliphatic carbocycles. The Bertz CT molecular complexity index is 448. The molecule has 0 fully saturated rings. The Labute approximate surface area is 92.3 Å². The fourth-order valence-electron chi connectivity index (χ4n) is 1.83. The number of carbonyl (C=O) groups excluding carboxylic acids is 1. The van der Waals surface area contributed by atoms with Crippen molar-refractivity contribution >= 4 is 11.6 Å². The summed E-state index contributed by atoms with van der Waals surface area (Å²) in [6.07, 6.45) is 0. The highest BCUT2D eigenvalue weighted by Gasteiger charge is 2.23. The third-order valence-electron chi connectivity index (χ3n) is 2.70. The van der Waals surface area contributed by atoms with Crippen LogP contribution in [0.15, 0.2) is 12.1 Å². The molecule has 86 valence electrons. The van der Waals surface area contributed by atoms with Gasteiger partial charge < -0.3 is 4.90 Å². The van der Waals surface area contributed by atoms with Crippen LogP contribution in [0.5, 0.6) is 0 Å². The lowest BCUT2D eigenvalue weighted by atomic mass is 10.1. The molecular formula is C11H12F2N2O. The van der Waals surface area contributed by atoms with E-state index in [-0.39, 0.29) is 12.5 Å². The van der Waals surface area contributed by atoms with Crippen LogP contribution in [0.25, 0.3) is 0 Å². The van der Waals surface area contributed by atoms with E-state index in [1.807, 2.05) is 0 Å². The van der Waals surface area contributed by atoms with Crippen LogP contribution < -0.4 is 4.90 Å². The molecular weight excluding hydrogens is 214 g/mol. The molecule has 0 bridgehead atoms. The Morgan fingerprint density at radius 3 is 2.44 bits per heavy atom. The minimum atomic E-state index is -0.928. The van der Waals surface area contributed by atoms with Crippen molar-refractivity contribution in [1.29, 1.82) is 0 Å². The zero-order valence-electron chi connectivity index (χ0n) is 9.13. The molecule has 1 aliphatic heterocycles. The number of hydrogen-bond donors (Lipinski definition) is 0. The summed E-state index contributed by atoms with van der Waals surface area (Å²) in [6, 6.07) is 2.22. The largest absolute Gasteiger partial charge is 0.314 e. The molecule has 0 saturated heterocycles. The van der Waals surface area contributed by atoms with E-state index < -0.39 is 11.6 Å². The number of halogens is 2. The molecule has 16 heavy (non-hydrogen) atoms. The molecule has 0 atom stereocenters. The number of likely N-dealkylation sites (N-methyl/N-ethyl adjacent to an activating group) is 2. The summed E-state index contributed by atoms with van der Waals surface area (Å²) in [5.74, 6) is -1.94. The average Bonchev–Trinajstić information content (AvgIpc) is 2.29. The average molecular weight is 226 g/mol. The Kier molecular flexibility index (Phi) is 2.63. The van der Waals surface area contributed by atoms with Gasteiger partial charge in [0.25, 0.3) is 0 Å². The molecule has 0 unspecified atom stereocenters.